The molecular formula is C14H9F3N4. The topological polar surface area (TPSA) is 56.7 Å². The predicted molar refractivity (Wildman–Crippen MR) is 71.1 cm³/mol. The van der Waals surface area contributed by atoms with E-state index in [9.17, 15) is 13.2 Å². The van der Waals surface area contributed by atoms with Crippen molar-refractivity contribution < 1.29 is 13.2 Å². The Morgan fingerprint density at radius 3 is 2.57 bits per heavy atom. The molecule has 0 spiro atoms. The summed E-state index contributed by atoms with van der Waals surface area (Å²) in [6.45, 7) is 0. The van der Waals surface area contributed by atoms with Crippen LogP contribution >= 0.6 is 0 Å². The number of benzene rings is 1. The second kappa shape index (κ2) is 4.93. The van der Waals surface area contributed by atoms with E-state index in [1.54, 1.807) is 12.1 Å². The van der Waals surface area contributed by atoms with Crippen molar-refractivity contribution in [3.63, 3.8) is 0 Å². The second-order valence-electron chi connectivity index (χ2n) is 4.34. The van der Waals surface area contributed by atoms with Crippen LogP contribution in [0.1, 0.15) is 0 Å². The van der Waals surface area contributed by atoms with Crippen molar-refractivity contribution in [2.45, 2.75) is 0 Å². The molecule has 0 saturated carbocycles. The van der Waals surface area contributed by atoms with Gasteiger partial charge in [-0.15, -0.1) is 0 Å². The molecule has 0 aliphatic carbocycles. The lowest BCUT2D eigenvalue weighted by molar-refractivity contribution is 0.490. The summed E-state index contributed by atoms with van der Waals surface area (Å²) in [5, 5.41) is 0. The minimum Gasteiger partial charge on any atom is -0.384 e. The molecule has 21 heavy (non-hydrogen) atoms. The summed E-state index contributed by atoms with van der Waals surface area (Å²) < 4.78 is 41.8. The van der Waals surface area contributed by atoms with Crippen molar-refractivity contribution in [2.75, 3.05) is 5.73 Å². The Kier molecular flexibility index (Phi) is 3.09. The van der Waals surface area contributed by atoms with Crippen LogP contribution in [-0.4, -0.2) is 14.5 Å². The molecule has 0 aliphatic heterocycles. The molecule has 0 amide bonds. The van der Waals surface area contributed by atoms with Crippen molar-refractivity contribution in [2.24, 2.45) is 0 Å². The Morgan fingerprint density at radius 2 is 1.86 bits per heavy atom. The van der Waals surface area contributed by atoms with E-state index in [1.807, 2.05) is 0 Å². The van der Waals surface area contributed by atoms with Crippen LogP contribution in [0, 0.1) is 17.5 Å². The van der Waals surface area contributed by atoms with Crippen LogP contribution in [0.3, 0.4) is 0 Å². The number of nitrogen functional groups attached to an aromatic ring is 1. The van der Waals surface area contributed by atoms with Crippen molar-refractivity contribution in [3.05, 3.63) is 60.4 Å². The highest BCUT2D eigenvalue weighted by Crippen LogP contribution is 2.25. The second-order valence-corrected chi connectivity index (χ2v) is 4.34. The number of pyridine rings is 1. The quantitative estimate of drug-likeness (QED) is 0.738. The third kappa shape index (κ3) is 2.33. The van der Waals surface area contributed by atoms with Gasteiger partial charge in [0, 0.05) is 23.9 Å². The Hall–Kier alpha value is -2.83. The van der Waals surface area contributed by atoms with E-state index < -0.39 is 17.5 Å². The van der Waals surface area contributed by atoms with E-state index in [2.05, 4.69) is 9.97 Å². The molecule has 0 unspecified atom stereocenters. The number of nitrogens with zero attached hydrogens (tertiary/aromatic N) is 3. The zero-order valence-corrected chi connectivity index (χ0v) is 10.6. The van der Waals surface area contributed by atoms with Crippen LogP contribution in [0.5, 0.6) is 0 Å². The average molecular weight is 290 g/mol. The molecule has 0 atom stereocenters. The minimum absolute atomic E-state index is 0.267. The molecule has 0 saturated heterocycles. The predicted octanol–water partition coefficient (Wildman–Crippen LogP) is 2.93. The zero-order chi connectivity index (χ0) is 15.0. The van der Waals surface area contributed by atoms with Gasteiger partial charge >= 0.3 is 0 Å². The largest absolute Gasteiger partial charge is 0.384 e. The highest BCUT2D eigenvalue weighted by molar-refractivity contribution is 5.62. The van der Waals surface area contributed by atoms with Gasteiger partial charge in [0.05, 0.1) is 23.9 Å². The molecule has 106 valence electrons. The molecule has 0 fully saturated rings. The van der Waals surface area contributed by atoms with E-state index in [0.29, 0.717) is 23.1 Å². The fraction of sp³-hybridized carbons (Fsp3) is 0. The van der Waals surface area contributed by atoms with Crippen molar-refractivity contribution >= 4 is 5.82 Å². The number of aromatic nitrogens is 3. The van der Waals surface area contributed by atoms with Crippen LogP contribution in [0.2, 0.25) is 0 Å². The van der Waals surface area contributed by atoms with Gasteiger partial charge in [0.2, 0.25) is 0 Å². The summed E-state index contributed by atoms with van der Waals surface area (Å²) in [7, 11) is 0. The first-order valence-electron chi connectivity index (χ1n) is 5.95. The number of halogens is 3. The van der Waals surface area contributed by atoms with E-state index >= 15 is 0 Å². The SMILES string of the molecule is Nc1ccc(-c2cncn2-c2cc(F)cc(F)c2F)cn1. The van der Waals surface area contributed by atoms with Crippen molar-refractivity contribution in [3.8, 4) is 16.9 Å². The lowest BCUT2D eigenvalue weighted by atomic mass is 10.2. The third-order valence-electron chi connectivity index (χ3n) is 2.95. The molecule has 0 bridgehead atoms. The maximum absolute atomic E-state index is 13.9. The first kappa shape index (κ1) is 13.2. The molecule has 2 N–H and O–H groups in total. The molecule has 4 nitrogen and oxygen atoms in total. The van der Waals surface area contributed by atoms with Crippen molar-refractivity contribution in [1.29, 1.82) is 0 Å². The van der Waals surface area contributed by atoms with Gasteiger partial charge < -0.3 is 5.73 Å². The highest BCUT2D eigenvalue weighted by Gasteiger charge is 2.16. The maximum atomic E-state index is 13.9. The van der Waals surface area contributed by atoms with Gasteiger partial charge in [-0.3, -0.25) is 4.57 Å². The van der Waals surface area contributed by atoms with Crippen LogP contribution < -0.4 is 5.73 Å². The molecular weight excluding hydrogens is 281 g/mol. The fourth-order valence-electron chi connectivity index (χ4n) is 1.98. The molecule has 2 heterocycles. The van der Waals surface area contributed by atoms with E-state index in [-0.39, 0.29) is 5.69 Å². The lowest BCUT2D eigenvalue weighted by Gasteiger charge is -2.10. The van der Waals surface area contributed by atoms with Crippen LogP contribution in [0.25, 0.3) is 16.9 Å². The summed E-state index contributed by atoms with van der Waals surface area (Å²) in [5.74, 6) is -2.97. The Morgan fingerprint density at radius 1 is 1.05 bits per heavy atom. The van der Waals surface area contributed by atoms with Gasteiger partial charge in [0.1, 0.15) is 11.6 Å². The first-order valence-corrected chi connectivity index (χ1v) is 5.95. The van der Waals surface area contributed by atoms with Gasteiger partial charge in [-0.2, -0.15) is 0 Å². The molecule has 0 aliphatic rings. The number of hydrogen-bond donors (Lipinski definition) is 1. The third-order valence-corrected chi connectivity index (χ3v) is 2.95. The maximum Gasteiger partial charge on any atom is 0.183 e. The number of nitrogens with two attached hydrogens (primary N) is 1. The smallest absolute Gasteiger partial charge is 0.183 e. The lowest BCUT2D eigenvalue weighted by Crippen LogP contribution is -2.02. The highest BCUT2D eigenvalue weighted by atomic mass is 19.2. The van der Waals surface area contributed by atoms with E-state index in [1.165, 1.54) is 23.3 Å². The van der Waals surface area contributed by atoms with Gasteiger partial charge in [-0.05, 0) is 12.1 Å². The summed E-state index contributed by atoms with van der Waals surface area (Å²) in [5.41, 5.74) is 6.26. The summed E-state index contributed by atoms with van der Waals surface area (Å²) in [6.07, 6.45) is 4.18. The van der Waals surface area contributed by atoms with Gasteiger partial charge in [0.15, 0.2) is 11.6 Å². The standard InChI is InChI=1S/C14H9F3N4/c15-9-3-10(16)14(17)11(4-9)21-7-19-6-12(21)8-1-2-13(18)20-5-8/h1-7H,(H2,18,20). The van der Waals surface area contributed by atoms with Gasteiger partial charge in [0.25, 0.3) is 0 Å². The number of anilines is 1. The van der Waals surface area contributed by atoms with Gasteiger partial charge in [-0.1, -0.05) is 0 Å². The molecule has 0 radical (unpaired) electrons. The molecule has 3 aromatic rings. The van der Waals surface area contributed by atoms with Crippen LogP contribution in [0.4, 0.5) is 19.0 Å². The summed E-state index contributed by atoms with van der Waals surface area (Å²) in [6, 6.07) is 4.60. The molecule has 1 aromatic carbocycles. The van der Waals surface area contributed by atoms with Crippen LogP contribution in [-0.2, 0) is 0 Å². The monoisotopic (exact) mass is 290 g/mol. The molecule has 3 rings (SSSR count). The number of rotatable bonds is 2. The molecule has 2 aromatic heterocycles. The minimum atomic E-state index is -1.26. The Labute approximate surface area is 117 Å². The van der Waals surface area contributed by atoms with Gasteiger partial charge in [-0.25, -0.2) is 23.1 Å². The van der Waals surface area contributed by atoms with Crippen LogP contribution in [0.15, 0.2) is 43.0 Å². The van der Waals surface area contributed by atoms with E-state index in [0.717, 1.165) is 6.07 Å². The fourth-order valence-corrected chi connectivity index (χ4v) is 1.98. The number of hydrogen-bond acceptors (Lipinski definition) is 3. The molecule has 7 heteroatoms. The Bertz CT molecular complexity index is 796. The number of imidazole rings is 1. The Balaban J connectivity index is 2.18. The zero-order valence-electron chi connectivity index (χ0n) is 10.6. The normalized spacial score (nSPS) is 10.8. The van der Waals surface area contributed by atoms with Crippen molar-refractivity contribution in [1.82, 2.24) is 14.5 Å². The first-order chi connectivity index (χ1) is 10.1. The average Bonchev–Trinajstić information content (AvgIpc) is 2.93. The van der Waals surface area contributed by atoms with E-state index in [4.69, 9.17) is 5.73 Å². The summed E-state index contributed by atoms with van der Waals surface area (Å²) >= 11 is 0. The summed E-state index contributed by atoms with van der Waals surface area (Å²) in [4.78, 5) is 7.81.